The van der Waals surface area contributed by atoms with E-state index in [9.17, 15) is 19.0 Å². The summed E-state index contributed by atoms with van der Waals surface area (Å²) < 4.78 is 45.3. The van der Waals surface area contributed by atoms with Gasteiger partial charge in [-0.3, -0.25) is 9.09 Å². The minimum Gasteiger partial charge on any atom is -0.385 e. The SMILES string of the molecule is Nc1ncnc2c1ncn2[C@@H]1O[C@H](COP(=O)(O)N2CCOCC2)[C@H](F)C1O. The van der Waals surface area contributed by atoms with Gasteiger partial charge in [-0.25, -0.2) is 28.6 Å². The summed E-state index contributed by atoms with van der Waals surface area (Å²) in [6.07, 6.45) is -3.27. The summed E-state index contributed by atoms with van der Waals surface area (Å²) in [4.78, 5) is 22.0. The Morgan fingerprint density at radius 1 is 1.36 bits per heavy atom. The van der Waals surface area contributed by atoms with Crippen LogP contribution in [-0.4, -0.2) is 85.5 Å². The number of aromatic nitrogens is 4. The third-order valence-corrected chi connectivity index (χ3v) is 6.30. The Morgan fingerprint density at radius 2 is 2.11 bits per heavy atom. The number of alkyl halides is 1. The number of nitrogens with two attached hydrogens (primary N) is 1. The number of fused-ring (bicyclic) bond motifs is 1. The number of ether oxygens (including phenoxy) is 2. The van der Waals surface area contributed by atoms with Gasteiger partial charge in [-0.05, 0) is 0 Å². The van der Waals surface area contributed by atoms with Crippen LogP contribution >= 0.6 is 7.75 Å². The molecule has 4 heterocycles. The van der Waals surface area contributed by atoms with Gasteiger partial charge in [0.05, 0.1) is 26.1 Å². The lowest BCUT2D eigenvalue weighted by atomic mass is 10.1. The topological polar surface area (TPSA) is 158 Å². The van der Waals surface area contributed by atoms with Gasteiger partial charge in [0.1, 0.15) is 24.1 Å². The van der Waals surface area contributed by atoms with Gasteiger partial charge in [0.25, 0.3) is 0 Å². The molecule has 2 fully saturated rings. The molecule has 28 heavy (non-hydrogen) atoms. The molecule has 14 heteroatoms. The monoisotopic (exact) mass is 418 g/mol. The molecule has 2 saturated heterocycles. The van der Waals surface area contributed by atoms with Crippen molar-refractivity contribution in [1.29, 1.82) is 0 Å². The average molecular weight is 418 g/mol. The fourth-order valence-corrected chi connectivity index (χ4v) is 4.36. The van der Waals surface area contributed by atoms with E-state index < -0.39 is 39.0 Å². The number of rotatable bonds is 5. The Bertz CT molecular complexity index is 894. The summed E-state index contributed by atoms with van der Waals surface area (Å²) in [5.74, 6) is 0.139. The zero-order valence-electron chi connectivity index (χ0n) is 14.7. The van der Waals surface area contributed by atoms with E-state index in [2.05, 4.69) is 15.0 Å². The number of hydrogen-bond donors (Lipinski definition) is 3. The Kier molecular flexibility index (Phi) is 5.31. The van der Waals surface area contributed by atoms with Gasteiger partial charge < -0.3 is 25.2 Å². The van der Waals surface area contributed by atoms with Gasteiger partial charge >= 0.3 is 7.75 Å². The number of nitrogens with zero attached hydrogens (tertiary/aromatic N) is 5. The molecule has 12 nitrogen and oxygen atoms in total. The maximum absolute atomic E-state index is 14.6. The molecule has 2 aliphatic rings. The number of morpholine rings is 1. The van der Waals surface area contributed by atoms with Crippen LogP contribution in [-0.2, 0) is 18.6 Å². The number of nitrogen functional groups attached to an aromatic ring is 1. The summed E-state index contributed by atoms with van der Waals surface area (Å²) in [6.45, 7) is 0.555. The highest BCUT2D eigenvalue weighted by molar-refractivity contribution is 7.50. The number of hydrogen-bond acceptors (Lipinski definition) is 9. The van der Waals surface area contributed by atoms with Crippen LogP contribution in [0.2, 0.25) is 0 Å². The van der Waals surface area contributed by atoms with Crippen LogP contribution in [0.5, 0.6) is 0 Å². The van der Waals surface area contributed by atoms with Crippen LogP contribution < -0.4 is 5.73 Å². The van der Waals surface area contributed by atoms with Crippen molar-refractivity contribution in [3.8, 4) is 0 Å². The number of aliphatic hydroxyl groups excluding tert-OH is 1. The lowest BCUT2D eigenvalue weighted by Crippen LogP contribution is -2.35. The molecule has 154 valence electrons. The summed E-state index contributed by atoms with van der Waals surface area (Å²) in [7, 11) is -4.12. The van der Waals surface area contributed by atoms with Crippen molar-refractivity contribution in [3.63, 3.8) is 0 Å². The molecule has 0 radical (unpaired) electrons. The fraction of sp³-hybridized carbons (Fsp3) is 0.643. The van der Waals surface area contributed by atoms with Gasteiger partial charge in [0.15, 0.2) is 23.9 Å². The molecule has 2 aromatic heterocycles. The van der Waals surface area contributed by atoms with E-state index in [1.165, 1.54) is 21.9 Å². The zero-order chi connectivity index (χ0) is 19.9. The third kappa shape index (κ3) is 3.50. The van der Waals surface area contributed by atoms with E-state index in [4.69, 9.17) is 19.7 Å². The van der Waals surface area contributed by atoms with E-state index in [1.807, 2.05) is 0 Å². The molecule has 4 N–H and O–H groups in total. The highest BCUT2D eigenvalue weighted by Gasteiger charge is 2.47. The Labute approximate surface area is 158 Å². The maximum Gasteiger partial charge on any atom is 0.405 e. The highest BCUT2D eigenvalue weighted by atomic mass is 31.2. The van der Waals surface area contributed by atoms with E-state index in [0.29, 0.717) is 18.7 Å². The van der Waals surface area contributed by atoms with Crippen molar-refractivity contribution in [3.05, 3.63) is 12.7 Å². The van der Waals surface area contributed by atoms with Gasteiger partial charge in [-0.1, -0.05) is 0 Å². The zero-order valence-corrected chi connectivity index (χ0v) is 15.6. The molecule has 0 aromatic carbocycles. The van der Waals surface area contributed by atoms with Crippen molar-refractivity contribution < 1.29 is 33.0 Å². The maximum atomic E-state index is 14.6. The van der Waals surface area contributed by atoms with Crippen LogP contribution in [0.25, 0.3) is 11.2 Å². The van der Waals surface area contributed by atoms with Gasteiger partial charge in [-0.15, -0.1) is 0 Å². The smallest absolute Gasteiger partial charge is 0.385 e. The number of halogens is 1. The standard InChI is InChI=1S/C14H20FN6O6P/c15-9-8(5-26-28(23,24)20-1-3-25-4-2-20)27-14(11(9)22)21-7-19-10-12(16)17-6-18-13(10)21/h6-9,11,14,22H,1-5H2,(H,23,24)(H2,16,17,18)/t8-,9+,11?,14-/m1/s1. The van der Waals surface area contributed by atoms with E-state index >= 15 is 0 Å². The second-order valence-corrected chi connectivity index (χ2v) is 8.24. The van der Waals surface area contributed by atoms with E-state index in [-0.39, 0.29) is 24.6 Å². The lowest BCUT2D eigenvalue weighted by molar-refractivity contribution is -0.0492. The van der Waals surface area contributed by atoms with Gasteiger partial charge in [-0.2, -0.15) is 0 Å². The Morgan fingerprint density at radius 3 is 2.86 bits per heavy atom. The number of aliphatic hydroxyl groups is 1. The first-order chi connectivity index (χ1) is 13.4. The molecule has 0 bridgehead atoms. The van der Waals surface area contributed by atoms with Crippen molar-refractivity contribution >= 4 is 24.7 Å². The molecule has 0 saturated carbocycles. The van der Waals surface area contributed by atoms with Crippen LogP contribution in [0.15, 0.2) is 12.7 Å². The van der Waals surface area contributed by atoms with Crippen molar-refractivity contribution in [2.24, 2.45) is 0 Å². The first-order valence-corrected chi connectivity index (χ1v) is 10.1. The molecule has 0 aliphatic carbocycles. The number of imidazole rings is 1. The normalized spacial score (nSPS) is 31.2. The Hall–Kier alpha value is -1.73. The molecule has 5 atom stereocenters. The Balaban J connectivity index is 1.47. The molecule has 2 unspecified atom stereocenters. The fourth-order valence-electron chi connectivity index (χ4n) is 3.19. The lowest BCUT2D eigenvalue weighted by Gasteiger charge is -2.30. The summed E-state index contributed by atoms with van der Waals surface area (Å²) in [5, 5.41) is 10.3. The largest absolute Gasteiger partial charge is 0.405 e. The molecule has 2 aromatic rings. The van der Waals surface area contributed by atoms with E-state index in [1.54, 1.807) is 0 Å². The second-order valence-electron chi connectivity index (χ2n) is 6.44. The predicted molar refractivity (Wildman–Crippen MR) is 92.7 cm³/mol. The van der Waals surface area contributed by atoms with Crippen molar-refractivity contribution in [1.82, 2.24) is 24.2 Å². The van der Waals surface area contributed by atoms with Crippen molar-refractivity contribution in [2.45, 2.75) is 24.6 Å². The van der Waals surface area contributed by atoms with Crippen LogP contribution in [0, 0.1) is 0 Å². The molecule has 2 aliphatic heterocycles. The van der Waals surface area contributed by atoms with Crippen LogP contribution in [0.3, 0.4) is 0 Å². The minimum atomic E-state index is -4.12. The molecule has 0 amide bonds. The molecular weight excluding hydrogens is 398 g/mol. The summed E-state index contributed by atoms with van der Waals surface area (Å²) in [6, 6.07) is 0. The highest BCUT2D eigenvalue weighted by Crippen LogP contribution is 2.47. The average Bonchev–Trinajstić information content (AvgIpc) is 3.24. The quantitative estimate of drug-likeness (QED) is 0.535. The molecule has 4 rings (SSSR count). The minimum absolute atomic E-state index is 0.139. The first kappa shape index (κ1) is 19.6. The predicted octanol–water partition coefficient (Wildman–Crippen LogP) is -0.546. The van der Waals surface area contributed by atoms with Gasteiger partial charge in [0.2, 0.25) is 0 Å². The van der Waals surface area contributed by atoms with Gasteiger partial charge in [0, 0.05) is 13.1 Å². The summed E-state index contributed by atoms with van der Waals surface area (Å²) >= 11 is 0. The molecular formula is C14H20FN6O6P. The third-order valence-electron chi connectivity index (χ3n) is 4.70. The van der Waals surface area contributed by atoms with E-state index in [0.717, 1.165) is 0 Å². The second kappa shape index (κ2) is 7.59. The van der Waals surface area contributed by atoms with Crippen LogP contribution in [0.4, 0.5) is 10.2 Å². The van der Waals surface area contributed by atoms with Crippen LogP contribution in [0.1, 0.15) is 6.23 Å². The summed E-state index contributed by atoms with van der Waals surface area (Å²) in [5.41, 5.74) is 6.29. The van der Waals surface area contributed by atoms with Crippen molar-refractivity contribution in [2.75, 3.05) is 38.6 Å². The number of anilines is 1. The first-order valence-electron chi connectivity index (χ1n) is 8.59. The molecule has 0 spiro atoms.